The maximum Gasteiger partial charge on any atom is 0.247 e. The van der Waals surface area contributed by atoms with E-state index in [0.29, 0.717) is 41.3 Å². The molecule has 2 atom stereocenters. The van der Waals surface area contributed by atoms with E-state index in [9.17, 15) is 18.3 Å². The number of hydrogen-bond acceptors (Lipinski definition) is 6. The van der Waals surface area contributed by atoms with Crippen LogP contribution in [0.2, 0.25) is 0 Å². The third-order valence-electron chi connectivity index (χ3n) is 8.03. The van der Waals surface area contributed by atoms with Crippen molar-refractivity contribution in [1.82, 2.24) is 9.97 Å². The molecule has 1 heterocycles. The van der Waals surface area contributed by atoms with E-state index in [1.165, 1.54) is 6.20 Å². The molecule has 0 radical (unpaired) electrons. The first-order valence-corrected chi connectivity index (χ1v) is 12.9. The van der Waals surface area contributed by atoms with E-state index >= 15 is 0 Å². The summed E-state index contributed by atoms with van der Waals surface area (Å²) < 4.78 is 23.9. The van der Waals surface area contributed by atoms with E-state index in [0.717, 1.165) is 64.0 Å². The van der Waals surface area contributed by atoms with Crippen molar-refractivity contribution >= 4 is 15.6 Å². The fourth-order valence-corrected chi connectivity index (χ4v) is 7.53. The van der Waals surface area contributed by atoms with E-state index in [-0.39, 0.29) is 16.9 Å². The van der Waals surface area contributed by atoms with E-state index in [1.807, 2.05) is 0 Å². The van der Waals surface area contributed by atoms with E-state index in [4.69, 9.17) is 0 Å². The van der Waals surface area contributed by atoms with Crippen LogP contribution in [0.5, 0.6) is 0 Å². The first-order valence-electron chi connectivity index (χ1n) is 11.0. The maximum absolute atomic E-state index is 13.4. The first kappa shape index (κ1) is 19.6. The van der Waals surface area contributed by atoms with Crippen LogP contribution in [0.25, 0.3) is 0 Å². The second-order valence-corrected chi connectivity index (χ2v) is 12.1. The van der Waals surface area contributed by atoms with Gasteiger partial charge in [0.2, 0.25) is 15.0 Å². The molecule has 1 aromatic rings. The molecule has 7 heteroatoms. The minimum absolute atomic E-state index is 0.0522. The van der Waals surface area contributed by atoms with Gasteiger partial charge < -0.3 is 5.11 Å². The number of aromatic nitrogens is 2. The Kier molecular flexibility index (Phi) is 4.63. The lowest BCUT2D eigenvalue weighted by Gasteiger charge is -2.58. The number of ketones is 1. The van der Waals surface area contributed by atoms with Crippen LogP contribution in [-0.4, -0.2) is 41.1 Å². The Morgan fingerprint density at radius 1 is 1.17 bits per heavy atom. The van der Waals surface area contributed by atoms with Crippen molar-refractivity contribution in [2.24, 2.45) is 23.7 Å². The first-order chi connectivity index (χ1) is 13.7. The molecule has 2 unspecified atom stereocenters. The van der Waals surface area contributed by atoms with Crippen molar-refractivity contribution < 1.29 is 18.3 Å². The average Bonchev–Trinajstić information content (AvgIpc) is 3.16. The Bertz CT molecular complexity index is 922. The third-order valence-corrected chi connectivity index (χ3v) is 8.89. The molecule has 0 aromatic carbocycles. The minimum atomic E-state index is -3.51. The molecule has 5 saturated carbocycles. The van der Waals surface area contributed by atoms with Gasteiger partial charge in [0.05, 0.1) is 16.9 Å². The van der Waals surface area contributed by atoms with Gasteiger partial charge in [0.1, 0.15) is 0 Å². The summed E-state index contributed by atoms with van der Waals surface area (Å²) >= 11 is 0. The third kappa shape index (κ3) is 3.54. The van der Waals surface area contributed by atoms with Gasteiger partial charge in [-0.05, 0) is 68.6 Å². The number of nitrogens with zero attached hydrogens (tertiary/aromatic N) is 2. The number of carbonyl (C=O) groups is 1. The van der Waals surface area contributed by atoms with Crippen molar-refractivity contribution in [3.05, 3.63) is 17.5 Å². The number of carbonyl (C=O) groups excluding carboxylic acids is 1. The molecule has 0 amide bonds. The summed E-state index contributed by atoms with van der Waals surface area (Å²) in [6.45, 7) is 0. The minimum Gasteiger partial charge on any atom is -0.390 e. The van der Waals surface area contributed by atoms with Crippen LogP contribution >= 0.6 is 0 Å². The summed E-state index contributed by atoms with van der Waals surface area (Å²) in [6, 6.07) is 0. The zero-order chi connectivity index (χ0) is 20.4. The molecule has 158 valence electrons. The van der Waals surface area contributed by atoms with Crippen molar-refractivity contribution in [3.8, 4) is 0 Å². The van der Waals surface area contributed by atoms with E-state index < -0.39 is 15.4 Å². The molecule has 5 aliphatic rings. The van der Waals surface area contributed by atoms with Gasteiger partial charge in [-0.2, -0.15) is 0 Å². The molecule has 1 aromatic heterocycles. The Balaban J connectivity index is 1.42. The number of Topliss-reactive ketones (excluding diaryl/α,β-unsaturated/α-hetero) is 1. The van der Waals surface area contributed by atoms with E-state index in [1.54, 1.807) is 0 Å². The molecule has 0 aliphatic heterocycles. The largest absolute Gasteiger partial charge is 0.390 e. The van der Waals surface area contributed by atoms with Gasteiger partial charge in [-0.25, -0.2) is 18.4 Å². The zero-order valence-corrected chi connectivity index (χ0v) is 17.8. The fourth-order valence-electron chi connectivity index (χ4n) is 7.03. The Hall–Kier alpha value is -1.34. The molecule has 1 N–H and O–H groups in total. The summed E-state index contributed by atoms with van der Waals surface area (Å²) in [5.41, 5.74) is 0.674. The number of hydrogen-bond donors (Lipinski definition) is 1. The van der Waals surface area contributed by atoms with Crippen LogP contribution in [0.4, 0.5) is 0 Å². The van der Waals surface area contributed by atoms with E-state index in [2.05, 4.69) is 9.97 Å². The predicted molar refractivity (Wildman–Crippen MR) is 107 cm³/mol. The van der Waals surface area contributed by atoms with Gasteiger partial charge in [0.25, 0.3) is 0 Å². The highest BCUT2D eigenvalue weighted by Gasteiger charge is 2.54. The highest BCUT2D eigenvalue weighted by Crippen LogP contribution is 2.59. The molecule has 6 rings (SSSR count). The van der Waals surface area contributed by atoms with Crippen LogP contribution < -0.4 is 0 Å². The fraction of sp³-hybridized carbons (Fsp3) is 0.773. The molecule has 0 saturated heterocycles. The molecule has 6 nitrogen and oxygen atoms in total. The lowest BCUT2D eigenvalue weighted by Crippen LogP contribution is -2.54. The van der Waals surface area contributed by atoms with Crippen molar-refractivity contribution in [1.29, 1.82) is 0 Å². The van der Waals surface area contributed by atoms with Crippen molar-refractivity contribution in [2.45, 2.75) is 80.9 Å². The smallest absolute Gasteiger partial charge is 0.247 e. The number of rotatable bonds is 5. The Labute approximate surface area is 172 Å². The van der Waals surface area contributed by atoms with Gasteiger partial charge >= 0.3 is 0 Å². The highest BCUT2D eigenvalue weighted by atomic mass is 32.2. The zero-order valence-electron chi connectivity index (χ0n) is 17.0. The van der Waals surface area contributed by atoms with Gasteiger partial charge in [-0.1, -0.05) is 12.8 Å². The second kappa shape index (κ2) is 6.84. The average molecular weight is 419 g/mol. The van der Waals surface area contributed by atoms with Gasteiger partial charge in [0.15, 0.2) is 5.78 Å². The lowest BCUT2D eigenvalue weighted by molar-refractivity contribution is -0.151. The summed E-state index contributed by atoms with van der Waals surface area (Å²) in [7, 11) is -3.51. The second-order valence-electron chi connectivity index (χ2n) is 10.2. The summed E-state index contributed by atoms with van der Waals surface area (Å²) in [5.74, 6) is 2.01. The predicted octanol–water partition coefficient (Wildman–Crippen LogP) is 3.30. The highest BCUT2D eigenvalue weighted by molar-refractivity contribution is 7.90. The summed E-state index contributed by atoms with van der Waals surface area (Å²) in [5, 5.41) is 10.6. The van der Waals surface area contributed by atoms with Gasteiger partial charge in [-0.3, -0.25) is 4.79 Å². The summed E-state index contributed by atoms with van der Waals surface area (Å²) in [4.78, 5) is 21.8. The molecule has 4 bridgehead atoms. The number of aliphatic hydroxyl groups is 1. The van der Waals surface area contributed by atoms with Crippen LogP contribution in [0.15, 0.2) is 11.4 Å². The molecule has 0 spiro atoms. The lowest BCUT2D eigenvalue weighted by atomic mass is 9.49. The quantitative estimate of drug-likeness (QED) is 0.582. The molecular weight excluding hydrogens is 388 g/mol. The standard InChI is InChI=1S/C22H30N2O4S/c1-29(27,28)21-23-12-18(20(24-21)14-4-2-3-5-14)19(25)8-17-15-6-13-7-16(17)11-22(26,9-13)10-15/h12-17,26H,2-11H2,1H3. The molecule has 5 fully saturated rings. The van der Waals surface area contributed by atoms with Crippen molar-refractivity contribution in [3.63, 3.8) is 0 Å². The number of sulfone groups is 1. The Morgan fingerprint density at radius 2 is 1.83 bits per heavy atom. The van der Waals surface area contributed by atoms with Gasteiger partial charge in [-0.15, -0.1) is 0 Å². The topological polar surface area (TPSA) is 97.2 Å². The normalized spacial score (nSPS) is 36.6. The summed E-state index contributed by atoms with van der Waals surface area (Å²) in [6.07, 6.45) is 12.0. The van der Waals surface area contributed by atoms with Crippen LogP contribution in [0.3, 0.4) is 0 Å². The van der Waals surface area contributed by atoms with Crippen LogP contribution in [-0.2, 0) is 9.84 Å². The van der Waals surface area contributed by atoms with Crippen LogP contribution in [0.1, 0.15) is 86.2 Å². The van der Waals surface area contributed by atoms with Crippen LogP contribution in [0, 0.1) is 23.7 Å². The molecule has 29 heavy (non-hydrogen) atoms. The van der Waals surface area contributed by atoms with Gasteiger partial charge in [0, 0.05) is 24.8 Å². The van der Waals surface area contributed by atoms with Crippen molar-refractivity contribution in [2.75, 3.05) is 6.26 Å². The Morgan fingerprint density at radius 3 is 2.41 bits per heavy atom. The molecular formula is C22H30N2O4S. The maximum atomic E-state index is 13.4. The SMILES string of the molecule is CS(=O)(=O)c1ncc(C(=O)CC2C3CC4CC2CC(O)(C4)C3)c(C2CCCC2)n1. The monoisotopic (exact) mass is 418 g/mol. The molecule has 5 aliphatic carbocycles.